The van der Waals surface area contributed by atoms with E-state index in [1.165, 1.54) is 6.92 Å². The number of benzene rings is 1. The minimum atomic E-state index is -0.819. The summed E-state index contributed by atoms with van der Waals surface area (Å²) in [4.78, 5) is 17.7. The average molecular weight is 297 g/mol. The number of nitrogens with one attached hydrogen (secondary N) is 1. The maximum atomic E-state index is 13.1. The fraction of sp³-hybridized carbons (Fsp3) is 0.167. The molecule has 2 rings (SSSR count). The van der Waals surface area contributed by atoms with Crippen LogP contribution in [0.1, 0.15) is 17.1 Å². The Balaban J connectivity index is 2.38. The zero-order valence-corrected chi connectivity index (χ0v) is 10.7. The van der Waals surface area contributed by atoms with Crippen LogP contribution >= 0.6 is 15.9 Å². The summed E-state index contributed by atoms with van der Waals surface area (Å²) in [6.45, 7) is 1.48. The maximum Gasteiger partial charge on any atom is 0.287 e. The van der Waals surface area contributed by atoms with Crippen LogP contribution in [0.25, 0.3) is 0 Å². The monoisotopic (exact) mass is 296 g/mol. The van der Waals surface area contributed by atoms with Crippen molar-refractivity contribution in [3.05, 3.63) is 62.0 Å². The second-order valence-electron chi connectivity index (χ2n) is 3.68. The summed E-state index contributed by atoms with van der Waals surface area (Å²) in [5, 5.41) is 0. The summed E-state index contributed by atoms with van der Waals surface area (Å²) in [5.41, 5.74) is 0.386. The van der Waals surface area contributed by atoms with E-state index in [9.17, 15) is 9.18 Å². The summed E-state index contributed by atoms with van der Waals surface area (Å²) in [6.07, 6.45) is 0.456. The lowest BCUT2D eigenvalue weighted by atomic mass is 10.1. The van der Waals surface area contributed by atoms with Gasteiger partial charge in [0, 0.05) is 10.9 Å². The highest BCUT2D eigenvalue weighted by atomic mass is 79.9. The fourth-order valence-corrected chi connectivity index (χ4v) is 1.96. The molecule has 0 aliphatic heterocycles. The van der Waals surface area contributed by atoms with Gasteiger partial charge in [0.2, 0.25) is 5.82 Å². The predicted molar refractivity (Wildman–Crippen MR) is 66.5 cm³/mol. The first-order chi connectivity index (χ1) is 8.08. The molecule has 0 saturated carbocycles. The Morgan fingerprint density at radius 2 is 2.12 bits per heavy atom. The van der Waals surface area contributed by atoms with Gasteiger partial charge in [-0.1, -0.05) is 34.1 Å². The highest BCUT2D eigenvalue weighted by Gasteiger charge is 2.08. The molecule has 5 heteroatoms. The van der Waals surface area contributed by atoms with Crippen LogP contribution in [-0.4, -0.2) is 9.97 Å². The van der Waals surface area contributed by atoms with E-state index in [2.05, 4.69) is 25.9 Å². The second kappa shape index (κ2) is 4.79. The molecule has 0 aliphatic rings. The number of nitrogens with zero attached hydrogens (tertiary/aromatic N) is 1. The number of hydrogen-bond donors (Lipinski definition) is 1. The van der Waals surface area contributed by atoms with Gasteiger partial charge < -0.3 is 4.98 Å². The van der Waals surface area contributed by atoms with Crippen molar-refractivity contribution in [1.29, 1.82) is 0 Å². The van der Waals surface area contributed by atoms with E-state index >= 15 is 0 Å². The molecule has 0 bridgehead atoms. The first-order valence-corrected chi connectivity index (χ1v) is 5.86. The third kappa shape index (κ3) is 2.61. The average Bonchev–Trinajstić information content (AvgIpc) is 2.29. The van der Waals surface area contributed by atoms with Crippen molar-refractivity contribution < 1.29 is 4.39 Å². The van der Waals surface area contributed by atoms with Crippen LogP contribution in [0.4, 0.5) is 4.39 Å². The molecule has 0 amide bonds. The molecule has 0 atom stereocenters. The Kier molecular flexibility index (Phi) is 3.38. The summed E-state index contributed by atoms with van der Waals surface area (Å²) in [6, 6.07) is 7.63. The molecular formula is C12H10BrFN2O. The Bertz CT molecular complexity index is 610. The number of aryl methyl sites for hydroxylation is 1. The van der Waals surface area contributed by atoms with Gasteiger partial charge in [0.15, 0.2) is 0 Å². The van der Waals surface area contributed by atoms with Crippen molar-refractivity contribution >= 4 is 15.9 Å². The third-order valence-electron chi connectivity index (χ3n) is 2.39. The molecule has 88 valence electrons. The van der Waals surface area contributed by atoms with Crippen LogP contribution in [0.15, 0.2) is 33.5 Å². The molecule has 1 heterocycles. The van der Waals surface area contributed by atoms with E-state index in [1.54, 1.807) is 0 Å². The molecule has 0 unspecified atom stereocenters. The number of H-pyrrole nitrogens is 1. The lowest BCUT2D eigenvalue weighted by molar-refractivity contribution is 0.583. The normalized spacial score (nSPS) is 10.5. The molecule has 0 spiro atoms. The smallest absolute Gasteiger partial charge is 0.287 e. The highest BCUT2D eigenvalue weighted by molar-refractivity contribution is 9.10. The summed E-state index contributed by atoms with van der Waals surface area (Å²) in [5.74, 6) is -0.360. The molecule has 2 aromatic rings. The van der Waals surface area contributed by atoms with Crippen molar-refractivity contribution in [2.75, 3.05) is 0 Å². The van der Waals surface area contributed by atoms with E-state index in [-0.39, 0.29) is 5.69 Å². The van der Waals surface area contributed by atoms with Crippen molar-refractivity contribution in [3.63, 3.8) is 0 Å². The van der Waals surface area contributed by atoms with E-state index in [0.29, 0.717) is 12.2 Å². The van der Waals surface area contributed by atoms with Gasteiger partial charge >= 0.3 is 0 Å². The van der Waals surface area contributed by atoms with Crippen LogP contribution in [0.3, 0.4) is 0 Å². The Morgan fingerprint density at radius 1 is 1.41 bits per heavy atom. The molecule has 0 saturated heterocycles. The number of rotatable bonds is 2. The standard InChI is InChI=1S/C12H10BrFN2O/c1-7-11(14)12(17)16-10(15-7)6-8-4-2-3-5-9(8)13/h2-5H,6H2,1H3,(H,15,16,17). The fourth-order valence-electron chi connectivity index (χ4n) is 1.54. The summed E-state index contributed by atoms with van der Waals surface area (Å²) < 4.78 is 14.0. The topological polar surface area (TPSA) is 45.8 Å². The second-order valence-corrected chi connectivity index (χ2v) is 4.53. The van der Waals surface area contributed by atoms with Crippen LogP contribution in [0, 0.1) is 12.7 Å². The van der Waals surface area contributed by atoms with Gasteiger partial charge in [0.05, 0.1) is 5.69 Å². The molecule has 17 heavy (non-hydrogen) atoms. The Morgan fingerprint density at radius 3 is 2.76 bits per heavy atom. The Labute approximate surface area is 106 Å². The lowest BCUT2D eigenvalue weighted by Crippen LogP contribution is -2.17. The largest absolute Gasteiger partial charge is 0.308 e. The van der Waals surface area contributed by atoms with Crippen molar-refractivity contribution in [2.45, 2.75) is 13.3 Å². The molecule has 1 aromatic carbocycles. The van der Waals surface area contributed by atoms with Crippen molar-refractivity contribution in [3.8, 4) is 0 Å². The Hall–Kier alpha value is -1.49. The van der Waals surface area contributed by atoms with Gasteiger partial charge in [-0.2, -0.15) is 4.39 Å². The molecule has 0 aliphatic carbocycles. The molecule has 1 aromatic heterocycles. The third-order valence-corrected chi connectivity index (χ3v) is 3.17. The van der Waals surface area contributed by atoms with E-state index in [4.69, 9.17) is 0 Å². The number of aromatic amines is 1. The zero-order chi connectivity index (χ0) is 12.4. The molecule has 3 nitrogen and oxygen atoms in total. The van der Waals surface area contributed by atoms with Gasteiger partial charge in [-0.3, -0.25) is 4.79 Å². The van der Waals surface area contributed by atoms with Gasteiger partial charge in [-0.25, -0.2) is 4.98 Å². The number of halogens is 2. The zero-order valence-electron chi connectivity index (χ0n) is 9.13. The van der Waals surface area contributed by atoms with E-state index < -0.39 is 11.4 Å². The van der Waals surface area contributed by atoms with Crippen LogP contribution in [0.2, 0.25) is 0 Å². The molecule has 1 N–H and O–H groups in total. The first-order valence-electron chi connectivity index (χ1n) is 5.06. The van der Waals surface area contributed by atoms with Crippen molar-refractivity contribution in [1.82, 2.24) is 9.97 Å². The minimum absolute atomic E-state index is 0.121. The summed E-state index contributed by atoms with van der Waals surface area (Å²) in [7, 11) is 0. The number of aromatic nitrogens is 2. The lowest BCUT2D eigenvalue weighted by Gasteiger charge is -2.04. The first kappa shape index (κ1) is 12.0. The van der Waals surface area contributed by atoms with Gasteiger partial charge in [0.25, 0.3) is 5.56 Å². The van der Waals surface area contributed by atoms with Crippen LogP contribution in [0.5, 0.6) is 0 Å². The maximum absolute atomic E-state index is 13.1. The van der Waals surface area contributed by atoms with E-state index in [1.807, 2.05) is 24.3 Å². The van der Waals surface area contributed by atoms with E-state index in [0.717, 1.165) is 10.0 Å². The van der Waals surface area contributed by atoms with Gasteiger partial charge in [0.1, 0.15) is 5.82 Å². The summed E-state index contributed by atoms with van der Waals surface area (Å²) >= 11 is 3.41. The molecular weight excluding hydrogens is 287 g/mol. The number of hydrogen-bond acceptors (Lipinski definition) is 2. The van der Waals surface area contributed by atoms with Crippen molar-refractivity contribution in [2.24, 2.45) is 0 Å². The minimum Gasteiger partial charge on any atom is -0.308 e. The van der Waals surface area contributed by atoms with Crippen LogP contribution in [-0.2, 0) is 6.42 Å². The quantitative estimate of drug-likeness (QED) is 0.926. The van der Waals surface area contributed by atoms with Gasteiger partial charge in [-0.05, 0) is 18.6 Å². The van der Waals surface area contributed by atoms with Crippen LogP contribution < -0.4 is 5.56 Å². The SMILES string of the molecule is Cc1nc(Cc2ccccc2Br)[nH]c(=O)c1F. The van der Waals surface area contributed by atoms with Gasteiger partial charge in [-0.15, -0.1) is 0 Å². The highest BCUT2D eigenvalue weighted by Crippen LogP contribution is 2.17. The molecule has 0 radical (unpaired) electrons. The predicted octanol–water partition coefficient (Wildman–Crippen LogP) is 2.57. The molecule has 0 fully saturated rings.